The Labute approximate surface area is 173 Å². The van der Waals surface area contributed by atoms with Crippen molar-refractivity contribution in [3.63, 3.8) is 0 Å². The molecule has 3 rings (SSSR count). The third kappa shape index (κ3) is 5.50. The molecule has 0 N–H and O–H groups in total. The van der Waals surface area contributed by atoms with Crippen LogP contribution >= 0.6 is 0 Å². The maximum Gasteiger partial charge on any atom is 0.422 e. The molecule has 0 saturated carbocycles. The molecule has 0 unspecified atom stereocenters. The van der Waals surface area contributed by atoms with Crippen LogP contribution in [0.5, 0.6) is 17.2 Å². The maximum absolute atomic E-state index is 14.4. The number of ether oxygens (including phenoxy) is 3. The fourth-order valence-electron chi connectivity index (χ4n) is 2.65. The number of carbonyl (C=O) groups excluding carboxylic acids is 1. The van der Waals surface area contributed by atoms with Gasteiger partial charge in [-0.2, -0.15) is 13.2 Å². The van der Waals surface area contributed by atoms with Gasteiger partial charge in [0.2, 0.25) is 0 Å². The van der Waals surface area contributed by atoms with E-state index in [9.17, 15) is 26.7 Å². The van der Waals surface area contributed by atoms with E-state index in [0.717, 1.165) is 12.1 Å². The van der Waals surface area contributed by atoms with Crippen molar-refractivity contribution in [3.05, 3.63) is 78.4 Å². The van der Waals surface area contributed by atoms with E-state index in [1.165, 1.54) is 24.3 Å². The van der Waals surface area contributed by atoms with Crippen LogP contribution in [0.25, 0.3) is 10.8 Å². The lowest BCUT2D eigenvalue weighted by atomic mass is 10.1. The van der Waals surface area contributed by atoms with Crippen molar-refractivity contribution in [3.8, 4) is 17.2 Å². The highest BCUT2D eigenvalue weighted by atomic mass is 19.4. The van der Waals surface area contributed by atoms with Gasteiger partial charge in [-0.1, -0.05) is 12.7 Å². The number of carbonyl (C=O) groups is 1. The number of alkyl halides is 3. The minimum absolute atomic E-state index is 0.00718. The highest BCUT2D eigenvalue weighted by Crippen LogP contribution is 2.33. The topological polar surface area (TPSA) is 44.8 Å². The van der Waals surface area contributed by atoms with Gasteiger partial charge < -0.3 is 14.2 Å². The Morgan fingerprint density at radius 3 is 2.29 bits per heavy atom. The molecule has 0 spiro atoms. The van der Waals surface area contributed by atoms with Crippen LogP contribution in [-0.2, 0) is 0 Å². The summed E-state index contributed by atoms with van der Waals surface area (Å²) < 4.78 is 80.1. The summed E-state index contributed by atoms with van der Waals surface area (Å²) in [5.41, 5.74) is 0.208. The quantitative estimate of drug-likeness (QED) is 0.201. The molecule has 0 aliphatic carbocycles. The van der Waals surface area contributed by atoms with E-state index in [-0.39, 0.29) is 22.1 Å². The van der Waals surface area contributed by atoms with Gasteiger partial charge in [0.05, 0.1) is 5.56 Å². The van der Waals surface area contributed by atoms with Crippen molar-refractivity contribution in [1.29, 1.82) is 0 Å². The first-order valence-corrected chi connectivity index (χ1v) is 8.85. The van der Waals surface area contributed by atoms with Gasteiger partial charge >= 0.3 is 12.1 Å². The summed E-state index contributed by atoms with van der Waals surface area (Å²) >= 11 is 0. The molecule has 0 heterocycles. The summed E-state index contributed by atoms with van der Waals surface area (Å²) in [6, 6.07) is 10.5. The smallest absolute Gasteiger partial charge is 0.422 e. The third-order valence-electron chi connectivity index (χ3n) is 4.01. The van der Waals surface area contributed by atoms with E-state index < -0.39 is 36.1 Å². The number of fused-ring (bicyclic) bond motifs is 1. The molecule has 0 bridgehead atoms. The maximum atomic E-state index is 14.4. The molecule has 0 aliphatic rings. The molecular weight excluding hydrogens is 423 g/mol. The number of rotatable bonds is 7. The standard InChI is InChI=1S/C22H15F5O4/c1-2-9-29-15-5-3-13(4-6-15)21(28)31-16-7-8-17-14(10-16)11-18(23)20(19(17)24)30-12-22(25,26)27/h2-8,10-11H,1,9,12H2. The average Bonchev–Trinajstić information content (AvgIpc) is 2.71. The van der Waals surface area contributed by atoms with Crippen LogP contribution in [0.4, 0.5) is 22.0 Å². The monoisotopic (exact) mass is 438 g/mol. The van der Waals surface area contributed by atoms with Crippen molar-refractivity contribution in [1.82, 2.24) is 0 Å². The Morgan fingerprint density at radius 1 is 0.968 bits per heavy atom. The van der Waals surface area contributed by atoms with Gasteiger partial charge in [0.25, 0.3) is 0 Å². The van der Waals surface area contributed by atoms with Crippen LogP contribution in [0, 0.1) is 11.6 Å². The highest BCUT2D eigenvalue weighted by molar-refractivity contribution is 5.92. The van der Waals surface area contributed by atoms with E-state index in [1.54, 1.807) is 18.2 Å². The first-order valence-electron chi connectivity index (χ1n) is 8.85. The molecule has 0 atom stereocenters. The van der Waals surface area contributed by atoms with Gasteiger partial charge in [0, 0.05) is 5.39 Å². The number of esters is 1. The van der Waals surface area contributed by atoms with Crippen molar-refractivity contribution in [2.45, 2.75) is 6.18 Å². The van der Waals surface area contributed by atoms with E-state index in [4.69, 9.17) is 9.47 Å². The second-order valence-electron chi connectivity index (χ2n) is 6.30. The molecule has 162 valence electrons. The average molecular weight is 438 g/mol. The number of hydrogen-bond acceptors (Lipinski definition) is 4. The van der Waals surface area contributed by atoms with Gasteiger partial charge in [-0.25, -0.2) is 13.6 Å². The highest BCUT2D eigenvalue weighted by Gasteiger charge is 2.30. The van der Waals surface area contributed by atoms with Crippen LogP contribution in [-0.4, -0.2) is 25.4 Å². The molecule has 0 amide bonds. The summed E-state index contributed by atoms with van der Waals surface area (Å²) in [4.78, 5) is 12.3. The minimum Gasteiger partial charge on any atom is -0.490 e. The molecule has 31 heavy (non-hydrogen) atoms. The zero-order chi connectivity index (χ0) is 22.6. The SMILES string of the molecule is C=CCOc1ccc(C(=O)Oc2ccc3c(F)c(OCC(F)(F)F)c(F)cc3c2)cc1. The molecule has 3 aromatic carbocycles. The fourth-order valence-corrected chi connectivity index (χ4v) is 2.65. The first kappa shape index (κ1) is 22.1. The molecule has 0 aromatic heterocycles. The van der Waals surface area contributed by atoms with Crippen molar-refractivity contribution >= 4 is 16.7 Å². The molecule has 0 fully saturated rings. The van der Waals surface area contributed by atoms with Crippen LogP contribution in [0.3, 0.4) is 0 Å². The van der Waals surface area contributed by atoms with E-state index in [1.807, 2.05) is 0 Å². The second-order valence-corrected chi connectivity index (χ2v) is 6.30. The molecule has 9 heteroatoms. The Morgan fingerprint density at radius 2 is 1.65 bits per heavy atom. The molecule has 0 radical (unpaired) electrons. The predicted octanol–water partition coefficient (Wildman–Crippen LogP) is 5.84. The summed E-state index contributed by atoms with van der Waals surface area (Å²) in [5, 5.41) is -0.213. The van der Waals surface area contributed by atoms with Crippen LogP contribution in [0.15, 0.2) is 61.2 Å². The minimum atomic E-state index is -4.75. The van der Waals surface area contributed by atoms with Crippen LogP contribution < -0.4 is 14.2 Å². The molecule has 3 aromatic rings. The summed E-state index contributed by atoms with van der Waals surface area (Å²) in [5.74, 6) is -3.93. The third-order valence-corrected chi connectivity index (χ3v) is 4.01. The molecule has 4 nitrogen and oxygen atoms in total. The Hall–Kier alpha value is -3.62. The zero-order valence-corrected chi connectivity index (χ0v) is 15.8. The first-order chi connectivity index (χ1) is 14.7. The molecule has 0 saturated heterocycles. The number of benzene rings is 3. The van der Waals surface area contributed by atoms with Crippen LogP contribution in [0.1, 0.15) is 10.4 Å². The van der Waals surface area contributed by atoms with Crippen LogP contribution in [0.2, 0.25) is 0 Å². The lowest BCUT2D eigenvalue weighted by Crippen LogP contribution is -2.20. The Balaban J connectivity index is 1.79. The van der Waals surface area contributed by atoms with Crippen molar-refractivity contribution in [2.24, 2.45) is 0 Å². The summed E-state index contributed by atoms with van der Waals surface area (Å²) in [7, 11) is 0. The summed E-state index contributed by atoms with van der Waals surface area (Å²) in [6.45, 7) is 1.99. The Bertz CT molecular complexity index is 1110. The number of halogens is 5. The number of hydrogen-bond donors (Lipinski definition) is 0. The summed E-state index contributed by atoms with van der Waals surface area (Å²) in [6.07, 6.45) is -3.18. The molecular formula is C22H15F5O4. The molecule has 0 aliphatic heterocycles. The van der Waals surface area contributed by atoms with Gasteiger partial charge in [0.1, 0.15) is 18.1 Å². The lowest BCUT2D eigenvalue weighted by molar-refractivity contribution is -0.154. The van der Waals surface area contributed by atoms with Gasteiger partial charge in [0.15, 0.2) is 24.0 Å². The fraction of sp³-hybridized carbons (Fsp3) is 0.136. The second kappa shape index (κ2) is 9.03. The zero-order valence-electron chi connectivity index (χ0n) is 15.8. The van der Waals surface area contributed by atoms with Gasteiger partial charge in [-0.3, -0.25) is 0 Å². The normalized spacial score (nSPS) is 11.3. The largest absolute Gasteiger partial charge is 0.490 e. The van der Waals surface area contributed by atoms with E-state index in [0.29, 0.717) is 12.4 Å². The van der Waals surface area contributed by atoms with Crippen molar-refractivity contribution in [2.75, 3.05) is 13.2 Å². The van der Waals surface area contributed by atoms with Gasteiger partial charge in [-0.05, 0) is 53.9 Å². The predicted molar refractivity (Wildman–Crippen MR) is 103 cm³/mol. The lowest BCUT2D eigenvalue weighted by Gasteiger charge is -2.13. The Kier molecular flexibility index (Phi) is 6.43. The van der Waals surface area contributed by atoms with E-state index in [2.05, 4.69) is 11.3 Å². The van der Waals surface area contributed by atoms with Gasteiger partial charge in [-0.15, -0.1) is 0 Å². The van der Waals surface area contributed by atoms with Crippen molar-refractivity contribution < 1.29 is 41.0 Å². The van der Waals surface area contributed by atoms with E-state index >= 15 is 0 Å².